The Morgan fingerprint density at radius 1 is 1.22 bits per heavy atom. The van der Waals surface area contributed by atoms with Crippen LogP contribution in [0, 0.1) is 5.92 Å². The van der Waals surface area contributed by atoms with Crippen LogP contribution in [0.1, 0.15) is 27.7 Å². The zero-order valence-corrected chi connectivity index (χ0v) is 6.81. The summed E-state index contributed by atoms with van der Waals surface area (Å²) >= 11 is 0. The van der Waals surface area contributed by atoms with E-state index in [1.165, 1.54) is 5.57 Å². The van der Waals surface area contributed by atoms with E-state index in [4.69, 9.17) is 0 Å². The molecule has 0 radical (unpaired) electrons. The van der Waals surface area contributed by atoms with Crippen molar-refractivity contribution < 1.29 is 0 Å². The van der Waals surface area contributed by atoms with Crippen LogP contribution in [0.3, 0.4) is 0 Å². The minimum absolute atomic E-state index is 0.667. The predicted octanol–water partition coefficient (Wildman–Crippen LogP) is 3.16. The lowest BCUT2D eigenvalue weighted by molar-refractivity contribution is 0.832. The van der Waals surface area contributed by atoms with Crippen LogP contribution in [0.4, 0.5) is 0 Å². The normalized spacial score (nSPS) is 10.8. The van der Waals surface area contributed by atoms with Gasteiger partial charge < -0.3 is 0 Å². The van der Waals surface area contributed by atoms with E-state index in [1.807, 2.05) is 0 Å². The molecule has 0 heteroatoms. The van der Waals surface area contributed by atoms with Crippen LogP contribution in [-0.2, 0) is 0 Å². The molecule has 52 valence electrons. The van der Waals surface area contributed by atoms with Crippen LogP contribution in [0.15, 0.2) is 23.8 Å². The van der Waals surface area contributed by atoms with Crippen molar-refractivity contribution in [1.29, 1.82) is 0 Å². The van der Waals surface area contributed by atoms with Gasteiger partial charge in [-0.1, -0.05) is 37.6 Å². The number of allylic oxidation sites excluding steroid dienone is 4. The third kappa shape index (κ3) is 7.48. The lowest BCUT2D eigenvalue weighted by atomic mass is 10.2. The Labute approximate surface area is 58.3 Å². The van der Waals surface area contributed by atoms with Gasteiger partial charge in [-0.2, -0.15) is 0 Å². The Bertz CT molecular complexity index is 112. The molecule has 0 atom stereocenters. The van der Waals surface area contributed by atoms with E-state index < -0.39 is 0 Å². The van der Waals surface area contributed by atoms with Crippen molar-refractivity contribution in [3.63, 3.8) is 0 Å². The van der Waals surface area contributed by atoms with Crippen molar-refractivity contribution in [2.24, 2.45) is 5.92 Å². The maximum atomic E-state index is 2.19. The quantitative estimate of drug-likeness (QED) is 0.496. The van der Waals surface area contributed by atoms with Gasteiger partial charge in [-0.3, -0.25) is 0 Å². The molecule has 0 aliphatic rings. The van der Waals surface area contributed by atoms with E-state index in [0.717, 1.165) is 0 Å². The standard InChI is InChI=1S/C9H16/c1-8(2)6-5-7-9(3)4/h5-8H,1-4H3/b6-5+. The Balaban J connectivity index is 3.60. The molecule has 0 rings (SSSR count). The molecule has 0 nitrogen and oxygen atoms in total. The number of rotatable bonds is 2. The first-order chi connectivity index (χ1) is 4.13. The molecule has 0 aliphatic heterocycles. The largest absolute Gasteiger partial charge is 0.0820 e. The summed E-state index contributed by atoms with van der Waals surface area (Å²) in [7, 11) is 0. The van der Waals surface area contributed by atoms with Crippen LogP contribution < -0.4 is 0 Å². The van der Waals surface area contributed by atoms with Crippen molar-refractivity contribution in [2.75, 3.05) is 0 Å². The molecular formula is C9H16. The molecule has 0 N–H and O–H groups in total. The van der Waals surface area contributed by atoms with E-state index >= 15 is 0 Å². The predicted molar refractivity (Wildman–Crippen MR) is 43.4 cm³/mol. The van der Waals surface area contributed by atoms with Gasteiger partial charge in [-0.05, 0) is 19.8 Å². The monoisotopic (exact) mass is 124 g/mol. The summed E-state index contributed by atoms with van der Waals surface area (Å²) in [5, 5.41) is 0. The highest BCUT2D eigenvalue weighted by Gasteiger charge is 1.79. The van der Waals surface area contributed by atoms with E-state index in [0.29, 0.717) is 5.92 Å². The smallest absolute Gasteiger partial charge is 0.0287 e. The summed E-state index contributed by atoms with van der Waals surface area (Å²) in [4.78, 5) is 0. The topological polar surface area (TPSA) is 0 Å². The van der Waals surface area contributed by atoms with E-state index in [2.05, 4.69) is 45.9 Å². The van der Waals surface area contributed by atoms with Crippen LogP contribution in [0.2, 0.25) is 0 Å². The first-order valence-electron chi connectivity index (χ1n) is 3.44. The third-order valence-electron chi connectivity index (χ3n) is 0.926. The van der Waals surface area contributed by atoms with Gasteiger partial charge in [0.1, 0.15) is 0 Å². The van der Waals surface area contributed by atoms with Crippen LogP contribution >= 0.6 is 0 Å². The fourth-order valence-electron chi connectivity index (χ4n) is 0.470. The van der Waals surface area contributed by atoms with Gasteiger partial charge in [-0.15, -0.1) is 0 Å². The van der Waals surface area contributed by atoms with Gasteiger partial charge in [0.15, 0.2) is 0 Å². The molecule has 0 fully saturated rings. The lowest BCUT2D eigenvalue weighted by Gasteiger charge is -1.89. The zero-order valence-electron chi connectivity index (χ0n) is 6.81. The summed E-state index contributed by atoms with van der Waals surface area (Å²) in [6.07, 6.45) is 6.42. The highest BCUT2D eigenvalue weighted by atomic mass is 13.9. The lowest BCUT2D eigenvalue weighted by Crippen LogP contribution is -1.74. The Hall–Kier alpha value is -0.520. The minimum Gasteiger partial charge on any atom is -0.0820 e. The molecule has 0 aromatic heterocycles. The van der Waals surface area contributed by atoms with E-state index in [-0.39, 0.29) is 0 Å². The molecule has 0 bridgehead atoms. The van der Waals surface area contributed by atoms with E-state index in [9.17, 15) is 0 Å². The summed E-state index contributed by atoms with van der Waals surface area (Å²) in [6, 6.07) is 0. The van der Waals surface area contributed by atoms with E-state index in [1.54, 1.807) is 0 Å². The number of hydrogen-bond acceptors (Lipinski definition) is 0. The first-order valence-corrected chi connectivity index (χ1v) is 3.44. The maximum absolute atomic E-state index is 2.19. The molecule has 0 unspecified atom stereocenters. The summed E-state index contributed by atoms with van der Waals surface area (Å²) < 4.78 is 0. The van der Waals surface area contributed by atoms with Crippen LogP contribution in [0.25, 0.3) is 0 Å². The molecule has 0 aliphatic carbocycles. The van der Waals surface area contributed by atoms with Gasteiger partial charge in [0.05, 0.1) is 0 Å². The van der Waals surface area contributed by atoms with Gasteiger partial charge in [0, 0.05) is 0 Å². The average molecular weight is 124 g/mol. The minimum atomic E-state index is 0.667. The van der Waals surface area contributed by atoms with Crippen molar-refractivity contribution in [1.82, 2.24) is 0 Å². The van der Waals surface area contributed by atoms with Crippen molar-refractivity contribution in [3.8, 4) is 0 Å². The van der Waals surface area contributed by atoms with Crippen molar-refractivity contribution in [2.45, 2.75) is 27.7 Å². The van der Waals surface area contributed by atoms with Gasteiger partial charge >= 0.3 is 0 Å². The Morgan fingerprint density at radius 2 is 1.78 bits per heavy atom. The molecule has 0 saturated heterocycles. The summed E-state index contributed by atoms with van der Waals surface area (Å²) in [6.45, 7) is 8.56. The van der Waals surface area contributed by atoms with Gasteiger partial charge in [-0.25, -0.2) is 0 Å². The zero-order chi connectivity index (χ0) is 7.28. The highest BCUT2D eigenvalue weighted by Crippen LogP contribution is 1.95. The Morgan fingerprint density at radius 3 is 2.11 bits per heavy atom. The summed E-state index contributed by atoms with van der Waals surface area (Å²) in [5.74, 6) is 0.667. The second-order valence-corrected chi connectivity index (χ2v) is 2.87. The molecule has 0 aromatic carbocycles. The second-order valence-electron chi connectivity index (χ2n) is 2.87. The van der Waals surface area contributed by atoms with Crippen LogP contribution in [0.5, 0.6) is 0 Å². The molecule has 0 spiro atoms. The second kappa shape index (κ2) is 4.37. The molecule has 9 heavy (non-hydrogen) atoms. The van der Waals surface area contributed by atoms with Gasteiger partial charge in [0.25, 0.3) is 0 Å². The molecular weight excluding hydrogens is 108 g/mol. The molecule has 0 heterocycles. The third-order valence-corrected chi connectivity index (χ3v) is 0.926. The van der Waals surface area contributed by atoms with Gasteiger partial charge in [0.2, 0.25) is 0 Å². The first kappa shape index (κ1) is 8.48. The SMILES string of the molecule is CC(C)=C/C=C/C(C)C. The van der Waals surface area contributed by atoms with Crippen molar-refractivity contribution in [3.05, 3.63) is 23.8 Å². The maximum Gasteiger partial charge on any atom is -0.0287 e. The van der Waals surface area contributed by atoms with Crippen molar-refractivity contribution >= 4 is 0 Å². The highest BCUT2D eigenvalue weighted by molar-refractivity contribution is 5.08. The molecule has 0 saturated carbocycles. The summed E-state index contributed by atoms with van der Waals surface area (Å²) in [5.41, 5.74) is 1.35. The Kier molecular flexibility index (Phi) is 4.12. The fraction of sp³-hybridized carbons (Fsp3) is 0.556. The number of hydrogen-bond donors (Lipinski definition) is 0. The average Bonchev–Trinajstić information content (AvgIpc) is 1.63. The molecule has 0 amide bonds. The van der Waals surface area contributed by atoms with Crippen LogP contribution in [-0.4, -0.2) is 0 Å². The fourth-order valence-corrected chi connectivity index (χ4v) is 0.470. The molecule has 0 aromatic rings.